The number of amides is 3. The van der Waals surface area contributed by atoms with Crippen molar-refractivity contribution in [2.45, 2.75) is 6.92 Å². The van der Waals surface area contributed by atoms with E-state index in [0.717, 1.165) is 5.56 Å². The zero-order valence-corrected chi connectivity index (χ0v) is 12.3. The number of ether oxygens (including phenoxy) is 1. The number of anilines is 2. The van der Waals surface area contributed by atoms with Gasteiger partial charge in [-0.3, -0.25) is 4.79 Å². The SMILES string of the molecule is COc1ccc(NC(=O)Nc2ccccc2C(N)=O)c(C)c1. The summed E-state index contributed by atoms with van der Waals surface area (Å²) in [5, 5.41) is 5.33. The maximum atomic E-state index is 12.1. The van der Waals surface area contributed by atoms with E-state index >= 15 is 0 Å². The van der Waals surface area contributed by atoms with Gasteiger partial charge in [-0.15, -0.1) is 0 Å². The molecule has 0 aliphatic rings. The van der Waals surface area contributed by atoms with Crippen molar-refractivity contribution in [3.8, 4) is 5.75 Å². The van der Waals surface area contributed by atoms with Gasteiger partial charge in [-0.25, -0.2) is 4.79 Å². The number of benzene rings is 2. The summed E-state index contributed by atoms with van der Waals surface area (Å²) < 4.78 is 5.11. The standard InChI is InChI=1S/C16H17N3O3/c1-10-9-11(22-2)7-8-13(10)18-16(21)19-14-6-4-3-5-12(14)15(17)20/h3-9H,1-2H3,(H2,17,20)(H2,18,19,21). The Morgan fingerprint density at radius 2 is 1.73 bits per heavy atom. The molecule has 0 heterocycles. The van der Waals surface area contributed by atoms with Gasteiger partial charge in [0.15, 0.2) is 0 Å². The summed E-state index contributed by atoms with van der Waals surface area (Å²) in [7, 11) is 1.58. The molecule has 6 heteroatoms. The lowest BCUT2D eigenvalue weighted by Crippen LogP contribution is -2.22. The first-order valence-electron chi connectivity index (χ1n) is 6.62. The van der Waals surface area contributed by atoms with E-state index < -0.39 is 11.9 Å². The van der Waals surface area contributed by atoms with Gasteiger partial charge in [-0.2, -0.15) is 0 Å². The quantitative estimate of drug-likeness (QED) is 0.810. The second kappa shape index (κ2) is 6.62. The van der Waals surface area contributed by atoms with Gasteiger partial charge in [-0.1, -0.05) is 12.1 Å². The van der Waals surface area contributed by atoms with Gasteiger partial charge in [0.2, 0.25) is 0 Å². The molecule has 0 radical (unpaired) electrons. The number of carbonyl (C=O) groups is 2. The van der Waals surface area contributed by atoms with Gasteiger partial charge in [0, 0.05) is 5.69 Å². The van der Waals surface area contributed by atoms with Crippen LogP contribution in [-0.4, -0.2) is 19.0 Å². The molecule has 0 aliphatic heterocycles. The molecular weight excluding hydrogens is 282 g/mol. The Hall–Kier alpha value is -3.02. The molecule has 6 nitrogen and oxygen atoms in total. The maximum absolute atomic E-state index is 12.1. The maximum Gasteiger partial charge on any atom is 0.323 e. The van der Waals surface area contributed by atoms with E-state index in [1.54, 1.807) is 43.5 Å². The molecule has 2 aromatic carbocycles. The highest BCUT2D eigenvalue weighted by atomic mass is 16.5. The lowest BCUT2D eigenvalue weighted by molar-refractivity contribution is 0.100. The number of rotatable bonds is 4. The van der Waals surface area contributed by atoms with Crippen LogP contribution in [0.4, 0.5) is 16.2 Å². The molecule has 0 unspecified atom stereocenters. The Morgan fingerprint density at radius 3 is 2.36 bits per heavy atom. The summed E-state index contributed by atoms with van der Waals surface area (Å²) in [6.45, 7) is 1.86. The second-order valence-corrected chi connectivity index (χ2v) is 4.67. The van der Waals surface area contributed by atoms with Crippen molar-refractivity contribution >= 4 is 23.3 Å². The lowest BCUT2D eigenvalue weighted by Gasteiger charge is -2.12. The fourth-order valence-corrected chi connectivity index (χ4v) is 1.99. The first-order valence-corrected chi connectivity index (χ1v) is 6.62. The molecule has 114 valence electrons. The summed E-state index contributed by atoms with van der Waals surface area (Å²) in [6.07, 6.45) is 0. The number of primary amides is 1. The van der Waals surface area contributed by atoms with Crippen LogP contribution in [0.1, 0.15) is 15.9 Å². The van der Waals surface area contributed by atoms with Crippen molar-refractivity contribution in [1.82, 2.24) is 0 Å². The number of nitrogens with two attached hydrogens (primary N) is 1. The summed E-state index contributed by atoms with van der Waals surface area (Å²) in [6, 6.07) is 11.4. The number of para-hydroxylation sites is 1. The van der Waals surface area contributed by atoms with E-state index in [1.165, 1.54) is 0 Å². The van der Waals surface area contributed by atoms with Crippen LogP contribution < -0.4 is 21.1 Å². The third-order valence-corrected chi connectivity index (χ3v) is 3.12. The van der Waals surface area contributed by atoms with Crippen molar-refractivity contribution in [3.63, 3.8) is 0 Å². The number of hydrogen-bond acceptors (Lipinski definition) is 3. The molecule has 0 aliphatic carbocycles. The Morgan fingerprint density at radius 1 is 1.05 bits per heavy atom. The smallest absolute Gasteiger partial charge is 0.323 e. The Balaban J connectivity index is 2.12. The Kier molecular flexibility index (Phi) is 4.63. The van der Waals surface area contributed by atoms with E-state index in [9.17, 15) is 9.59 Å². The highest BCUT2D eigenvalue weighted by Gasteiger charge is 2.11. The van der Waals surface area contributed by atoms with Gasteiger partial charge in [0.05, 0.1) is 18.4 Å². The van der Waals surface area contributed by atoms with Gasteiger partial charge in [-0.05, 0) is 42.8 Å². The van der Waals surface area contributed by atoms with Crippen LogP contribution in [0.3, 0.4) is 0 Å². The molecule has 0 saturated heterocycles. The highest BCUT2D eigenvalue weighted by Crippen LogP contribution is 2.21. The van der Waals surface area contributed by atoms with E-state index in [1.807, 2.05) is 13.0 Å². The molecule has 0 bridgehead atoms. The monoisotopic (exact) mass is 299 g/mol. The summed E-state index contributed by atoms with van der Waals surface area (Å²) in [5.74, 6) is 0.110. The van der Waals surface area contributed by atoms with Crippen molar-refractivity contribution < 1.29 is 14.3 Å². The molecule has 0 atom stereocenters. The van der Waals surface area contributed by atoms with Crippen LogP contribution in [0.25, 0.3) is 0 Å². The number of hydrogen-bond donors (Lipinski definition) is 3. The van der Waals surface area contributed by atoms with Crippen molar-refractivity contribution in [3.05, 3.63) is 53.6 Å². The predicted molar refractivity (Wildman–Crippen MR) is 85.3 cm³/mol. The van der Waals surface area contributed by atoms with Crippen LogP contribution in [0, 0.1) is 6.92 Å². The normalized spacial score (nSPS) is 9.91. The van der Waals surface area contributed by atoms with Crippen molar-refractivity contribution in [2.75, 3.05) is 17.7 Å². The Bertz CT molecular complexity index is 714. The number of methoxy groups -OCH3 is 1. The number of urea groups is 1. The first kappa shape index (κ1) is 15.4. The van der Waals surface area contributed by atoms with Gasteiger partial charge >= 0.3 is 6.03 Å². The molecule has 4 N–H and O–H groups in total. The summed E-state index contributed by atoms with van der Waals surface area (Å²) in [5.41, 5.74) is 7.40. The summed E-state index contributed by atoms with van der Waals surface area (Å²) in [4.78, 5) is 23.4. The molecule has 0 saturated carbocycles. The minimum atomic E-state index is -0.600. The second-order valence-electron chi connectivity index (χ2n) is 4.67. The number of carbonyl (C=O) groups excluding carboxylic acids is 2. The molecule has 0 spiro atoms. The van der Waals surface area contributed by atoms with Crippen LogP contribution >= 0.6 is 0 Å². The number of nitrogens with one attached hydrogen (secondary N) is 2. The fraction of sp³-hybridized carbons (Fsp3) is 0.125. The van der Waals surface area contributed by atoms with Gasteiger partial charge in [0.1, 0.15) is 5.75 Å². The largest absolute Gasteiger partial charge is 0.497 e. The zero-order chi connectivity index (χ0) is 16.1. The summed E-state index contributed by atoms with van der Waals surface area (Å²) >= 11 is 0. The average Bonchev–Trinajstić information content (AvgIpc) is 2.49. The molecule has 0 aromatic heterocycles. The first-order chi connectivity index (χ1) is 10.5. The van der Waals surface area contributed by atoms with E-state index in [2.05, 4.69) is 10.6 Å². The van der Waals surface area contributed by atoms with Gasteiger partial charge in [0.25, 0.3) is 5.91 Å². The molecule has 0 fully saturated rings. The highest BCUT2D eigenvalue weighted by molar-refractivity contribution is 6.06. The molecular formula is C16H17N3O3. The third-order valence-electron chi connectivity index (χ3n) is 3.12. The molecule has 22 heavy (non-hydrogen) atoms. The predicted octanol–water partition coefficient (Wildman–Crippen LogP) is 2.75. The zero-order valence-electron chi connectivity index (χ0n) is 12.3. The molecule has 3 amide bonds. The lowest BCUT2D eigenvalue weighted by atomic mass is 10.1. The van der Waals surface area contributed by atoms with E-state index in [0.29, 0.717) is 17.1 Å². The molecule has 2 rings (SSSR count). The van der Waals surface area contributed by atoms with Crippen LogP contribution in [0.15, 0.2) is 42.5 Å². The van der Waals surface area contributed by atoms with E-state index in [4.69, 9.17) is 10.5 Å². The minimum Gasteiger partial charge on any atom is -0.497 e. The number of aryl methyl sites for hydroxylation is 1. The van der Waals surface area contributed by atoms with Crippen LogP contribution in [0.5, 0.6) is 5.75 Å². The molecule has 2 aromatic rings. The van der Waals surface area contributed by atoms with Crippen molar-refractivity contribution in [1.29, 1.82) is 0 Å². The average molecular weight is 299 g/mol. The topological polar surface area (TPSA) is 93.4 Å². The van der Waals surface area contributed by atoms with Crippen LogP contribution in [0.2, 0.25) is 0 Å². The minimum absolute atomic E-state index is 0.254. The van der Waals surface area contributed by atoms with Crippen LogP contribution in [-0.2, 0) is 0 Å². The van der Waals surface area contributed by atoms with Crippen molar-refractivity contribution in [2.24, 2.45) is 5.73 Å². The third kappa shape index (κ3) is 3.54. The van der Waals surface area contributed by atoms with E-state index in [-0.39, 0.29) is 5.56 Å². The Labute approximate surface area is 128 Å². The fourth-order valence-electron chi connectivity index (χ4n) is 1.99. The van der Waals surface area contributed by atoms with Gasteiger partial charge < -0.3 is 21.1 Å².